The molecule has 88 valence electrons. The van der Waals surface area contributed by atoms with E-state index >= 15 is 0 Å². The zero-order chi connectivity index (χ0) is 11.8. The molecule has 1 amide bonds. The third-order valence-electron chi connectivity index (χ3n) is 2.87. The number of carbonyl (C=O) groups is 1. The summed E-state index contributed by atoms with van der Waals surface area (Å²) in [6.45, 7) is 3.85. The van der Waals surface area contributed by atoms with E-state index in [4.69, 9.17) is 0 Å². The van der Waals surface area contributed by atoms with Gasteiger partial charge in [0.05, 0.1) is 24.5 Å². The molecule has 0 atom stereocenters. The average Bonchev–Trinajstić information content (AvgIpc) is 2.95. The van der Waals surface area contributed by atoms with Gasteiger partial charge in [-0.05, 0) is 24.5 Å². The Bertz CT molecular complexity index is 561. The van der Waals surface area contributed by atoms with E-state index in [2.05, 4.69) is 14.7 Å². The van der Waals surface area contributed by atoms with Gasteiger partial charge in [0.1, 0.15) is 4.88 Å². The van der Waals surface area contributed by atoms with E-state index in [1.165, 1.54) is 0 Å². The van der Waals surface area contributed by atoms with Crippen LogP contribution in [0, 0.1) is 6.92 Å². The number of rotatable bonds is 1. The number of hydrogen-bond acceptors (Lipinski definition) is 5. The van der Waals surface area contributed by atoms with E-state index < -0.39 is 0 Å². The zero-order valence-corrected chi connectivity index (χ0v) is 10.1. The molecule has 1 aliphatic heterocycles. The van der Waals surface area contributed by atoms with Crippen molar-refractivity contribution in [3.63, 3.8) is 0 Å². The van der Waals surface area contributed by atoms with Crippen molar-refractivity contribution in [2.24, 2.45) is 0 Å². The molecule has 0 saturated carbocycles. The van der Waals surface area contributed by atoms with Gasteiger partial charge >= 0.3 is 0 Å². The van der Waals surface area contributed by atoms with Crippen LogP contribution in [0.2, 0.25) is 0 Å². The van der Waals surface area contributed by atoms with Crippen LogP contribution >= 0.6 is 11.5 Å². The van der Waals surface area contributed by atoms with Crippen molar-refractivity contribution < 1.29 is 4.79 Å². The van der Waals surface area contributed by atoms with Crippen molar-refractivity contribution in [1.82, 2.24) is 24.3 Å². The van der Waals surface area contributed by atoms with Crippen molar-refractivity contribution in [3.05, 3.63) is 28.5 Å². The molecule has 0 spiro atoms. The Hall–Kier alpha value is -1.76. The van der Waals surface area contributed by atoms with E-state index in [9.17, 15) is 4.79 Å². The number of aromatic nitrogens is 4. The Labute approximate surface area is 102 Å². The largest absolute Gasteiger partial charge is 0.330 e. The van der Waals surface area contributed by atoms with Crippen LogP contribution in [0.4, 0.5) is 0 Å². The average molecular weight is 249 g/mol. The number of amides is 1. The number of fused-ring (bicyclic) bond motifs is 1. The topological polar surface area (TPSA) is 63.9 Å². The van der Waals surface area contributed by atoms with Gasteiger partial charge in [-0.15, -0.1) is 5.10 Å². The van der Waals surface area contributed by atoms with E-state index in [-0.39, 0.29) is 5.91 Å². The third-order valence-corrected chi connectivity index (χ3v) is 3.69. The van der Waals surface area contributed by atoms with E-state index in [1.807, 2.05) is 22.6 Å². The summed E-state index contributed by atoms with van der Waals surface area (Å²) in [6, 6.07) is 1.94. The second-order valence-corrected chi connectivity index (χ2v) is 4.71. The first-order valence-electron chi connectivity index (χ1n) is 5.34. The first-order valence-corrected chi connectivity index (χ1v) is 6.12. The van der Waals surface area contributed by atoms with E-state index in [1.54, 1.807) is 6.20 Å². The predicted octanol–water partition coefficient (Wildman–Crippen LogP) is 0.699. The molecule has 0 bridgehead atoms. The summed E-state index contributed by atoms with van der Waals surface area (Å²) in [6.07, 6.45) is 1.77. The van der Waals surface area contributed by atoms with Crippen molar-refractivity contribution in [2.45, 2.75) is 20.0 Å². The second-order valence-electron chi connectivity index (χ2n) is 3.96. The van der Waals surface area contributed by atoms with Crippen LogP contribution in [0.15, 0.2) is 12.3 Å². The summed E-state index contributed by atoms with van der Waals surface area (Å²) in [5, 5.41) is 8.06. The summed E-state index contributed by atoms with van der Waals surface area (Å²) >= 11 is 1.16. The fourth-order valence-electron chi connectivity index (χ4n) is 1.93. The van der Waals surface area contributed by atoms with Gasteiger partial charge < -0.3 is 4.90 Å². The highest BCUT2D eigenvalue weighted by molar-refractivity contribution is 7.07. The Morgan fingerprint density at radius 3 is 3.12 bits per heavy atom. The van der Waals surface area contributed by atoms with Gasteiger partial charge in [-0.2, -0.15) is 5.10 Å². The molecule has 0 N–H and O–H groups in total. The van der Waals surface area contributed by atoms with Gasteiger partial charge in [0.2, 0.25) is 0 Å². The summed E-state index contributed by atoms with van der Waals surface area (Å²) in [5.41, 5.74) is 1.78. The minimum atomic E-state index is 0.0185. The van der Waals surface area contributed by atoms with Crippen molar-refractivity contribution in [3.8, 4) is 0 Å². The van der Waals surface area contributed by atoms with Crippen LogP contribution in [-0.4, -0.2) is 36.7 Å². The highest BCUT2D eigenvalue weighted by atomic mass is 32.1. The maximum atomic E-state index is 12.2. The summed E-state index contributed by atoms with van der Waals surface area (Å²) in [4.78, 5) is 14.7. The van der Waals surface area contributed by atoms with Crippen LogP contribution in [0.3, 0.4) is 0 Å². The minimum Gasteiger partial charge on any atom is -0.330 e. The fraction of sp³-hybridized carbons (Fsp3) is 0.400. The smallest absolute Gasteiger partial charge is 0.267 e. The molecule has 0 radical (unpaired) electrons. The first kappa shape index (κ1) is 10.4. The molecule has 17 heavy (non-hydrogen) atoms. The molecular formula is C10H11N5OS. The van der Waals surface area contributed by atoms with Crippen LogP contribution in [0.1, 0.15) is 21.1 Å². The minimum absolute atomic E-state index is 0.0185. The highest BCUT2D eigenvalue weighted by Crippen LogP contribution is 2.17. The van der Waals surface area contributed by atoms with Gasteiger partial charge in [0, 0.05) is 12.7 Å². The second kappa shape index (κ2) is 3.92. The molecular weight excluding hydrogens is 238 g/mol. The lowest BCUT2D eigenvalue weighted by atomic mass is 10.2. The molecule has 7 heteroatoms. The lowest BCUT2D eigenvalue weighted by Gasteiger charge is -2.27. The molecule has 1 aliphatic rings. The fourth-order valence-corrected chi connectivity index (χ4v) is 2.56. The number of nitrogens with zero attached hydrogens (tertiary/aromatic N) is 5. The molecule has 0 aromatic carbocycles. The maximum absolute atomic E-state index is 12.2. The molecule has 3 rings (SSSR count). The SMILES string of the molecule is Cc1nnsc1C(=O)N1CCn2nccc2C1. The van der Waals surface area contributed by atoms with Crippen molar-refractivity contribution >= 4 is 17.4 Å². The van der Waals surface area contributed by atoms with E-state index in [0.717, 1.165) is 23.8 Å². The van der Waals surface area contributed by atoms with Gasteiger partial charge in [-0.3, -0.25) is 9.48 Å². The van der Waals surface area contributed by atoms with Gasteiger partial charge in [-0.25, -0.2) is 0 Å². The molecule has 0 saturated heterocycles. The van der Waals surface area contributed by atoms with Gasteiger partial charge in [0.15, 0.2) is 0 Å². The Balaban J connectivity index is 1.84. The Morgan fingerprint density at radius 2 is 2.35 bits per heavy atom. The Kier molecular flexibility index (Phi) is 2.40. The van der Waals surface area contributed by atoms with Crippen LogP contribution in [0.25, 0.3) is 0 Å². The van der Waals surface area contributed by atoms with E-state index in [0.29, 0.717) is 23.7 Å². The highest BCUT2D eigenvalue weighted by Gasteiger charge is 2.24. The summed E-state index contributed by atoms with van der Waals surface area (Å²) < 4.78 is 5.73. The molecule has 6 nitrogen and oxygen atoms in total. The van der Waals surface area contributed by atoms with Crippen molar-refractivity contribution in [1.29, 1.82) is 0 Å². The van der Waals surface area contributed by atoms with Crippen LogP contribution in [0.5, 0.6) is 0 Å². The molecule has 2 aromatic rings. The molecule has 3 heterocycles. The zero-order valence-electron chi connectivity index (χ0n) is 9.33. The number of carbonyl (C=O) groups excluding carboxylic acids is 1. The normalized spacial score (nSPS) is 14.8. The summed E-state index contributed by atoms with van der Waals surface area (Å²) in [5.74, 6) is 0.0185. The molecule has 0 aliphatic carbocycles. The first-order chi connectivity index (χ1) is 8.25. The summed E-state index contributed by atoms with van der Waals surface area (Å²) in [7, 11) is 0. The molecule has 2 aromatic heterocycles. The standard InChI is InChI=1S/C10H11N5OS/c1-7-9(17-13-12-7)10(16)14-4-5-15-8(6-14)2-3-11-15/h2-3H,4-6H2,1H3. The lowest BCUT2D eigenvalue weighted by Crippen LogP contribution is -2.38. The predicted molar refractivity (Wildman–Crippen MR) is 61.6 cm³/mol. The maximum Gasteiger partial charge on any atom is 0.267 e. The quantitative estimate of drug-likeness (QED) is 0.746. The van der Waals surface area contributed by atoms with Gasteiger partial charge in [0.25, 0.3) is 5.91 Å². The van der Waals surface area contributed by atoms with Crippen LogP contribution < -0.4 is 0 Å². The Morgan fingerprint density at radius 1 is 1.47 bits per heavy atom. The third kappa shape index (κ3) is 1.72. The molecule has 0 unspecified atom stereocenters. The number of hydrogen-bond donors (Lipinski definition) is 0. The van der Waals surface area contributed by atoms with Crippen LogP contribution in [-0.2, 0) is 13.1 Å². The van der Waals surface area contributed by atoms with Crippen molar-refractivity contribution in [2.75, 3.05) is 6.54 Å². The monoisotopic (exact) mass is 249 g/mol. The number of aryl methyl sites for hydroxylation is 1. The van der Waals surface area contributed by atoms with Gasteiger partial charge in [-0.1, -0.05) is 4.49 Å². The molecule has 0 fully saturated rings. The lowest BCUT2D eigenvalue weighted by molar-refractivity contribution is 0.0710.